The molecule has 2 bridgehead atoms. The Kier molecular flexibility index (Phi) is 10.2. The SMILES string of the molecule is COCC1(O)CCC2C1=CC1(O)C(=O)C(C(C)C)=C(CC(O)C2C)C1CC1C(=O)C(C(C)C)=C2CC(O)C(C)C3CCC(O)(COC)C3=CC21C. The summed E-state index contributed by atoms with van der Waals surface area (Å²) < 4.78 is 11.0. The Hall–Kier alpha value is -1.98. The summed E-state index contributed by atoms with van der Waals surface area (Å²) in [5.74, 6) is -3.22. The van der Waals surface area contributed by atoms with E-state index in [2.05, 4.69) is 6.08 Å². The summed E-state index contributed by atoms with van der Waals surface area (Å²) in [6.07, 6.45) is 4.84. The van der Waals surface area contributed by atoms with Gasteiger partial charge in [0.1, 0.15) is 11.2 Å². The molecular formula is C42H62O9. The number of carbonyl (C=O) groups is 2. The van der Waals surface area contributed by atoms with Gasteiger partial charge in [0.25, 0.3) is 0 Å². The van der Waals surface area contributed by atoms with Gasteiger partial charge >= 0.3 is 0 Å². The number of carbonyl (C=O) groups excluding carboxylic acids is 2. The van der Waals surface area contributed by atoms with Gasteiger partial charge in [-0.05, 0) is 103 Å². The lowest BCUT2D eigenvalue weighted by molar-refractivity contribution is -0.132. The van der Waals surface area contributed by atoms with Gasteiger partial charge in [0, 0.05) is 37.0 Å². The highest BCUT2D eigenvalue weighted by Crippen LogP contribution is 2.61. The van der Waals surface area contributed by atoms with Crippen molar-refractivity contribution in [3.63, 3.8) is 0 Å². The van der Waals surface area contributed by atoms with Crippen LogP contribution in [-0.2, 0) is 19.1 Å². The fourth-order valence-electron chi connectivity index (χ4n) is 11.5. The number of aliphatic hydroxyl groups is 5. The number of allylic oxidation sites excluding steroid dienone is 2. The summed E-state index contributed by atoms with van der Waals surface area (Å²) >= 11 is 0. The van der Waals surface area contributed by atoms with Crippen LogP contribution in [0.5, 0.6) is 0 Å². The van der Waals surface area contributed by atoms with Crippen LogP contribution in [0.15, 0.2) is 45.6 Å². The first-order valence-corrected chi connectivity index (χ1v) is 19.3. The zero-order valence-corrected chi connectivity index (χ0v) is 32.2. The quantitative estimate of drug-likeness (QED) is 0.227. The van der Waals surface area contributed by atoms with Crippen LogP contribution in [0.1, 0.15) is 93.4 Å². The molecule has 6 rings (SSSR count). The molecule has 0 saturated heterocycles. The molecule has 12 atom stereocenters. The summed E-state index contributed by atoms with van der Waals surface area (Å²) in [6, 6.07) is 0. The zero-order valence-electron chi connectivity index (χ0n) is 32.2. The normalized spacial score (nSPS) is 44.2. The van der Waals surface area contributed by atoms with E-state index in [9.17, 15) is 35.1 Å². The largest absolute Gasteiger partial charge is 0.392 e. The molecule has 0 aromatic heterocycles. The summed E-state index contributed by atoms with van der Waals surface area (Å²) in [5, 5.41) is 60.5. The molecule has 0 amide bonds. The van der Waals surface area contributed by atoms with Crippen LogP contribution in [0.2, 0.25) is 0 Å². The number of aliphatic hydroxyl groups excluding tert-OH is 2. The van der Waals surface area contributed by atoms with Gasteiger partial charge in [-0.1, -0.05) is 65.7 Å². The van der Waals surface area contributed by atoms with Crippen molar-refractivity contribution in [2.24, 2.45) is 52.8 Å². The van der Waals surface area contributed by atoms with Crippen molar-refractivity contribution < 1.29 is 44.6 Å². The zero-order chi connectivity index (χ0) is 37.6. The molecule has 2 saturated carbocycles. The van der Waals surface area contributed by atoms with Gasteiger partial charge in [-0.25, -0.2) is 0 Å². The molecule has 12 unspecified atom stereocenters. The van der Waals surface area contributed by atoms with Crippen LogP contribution in [-0.4, -0.2) is 93.5 Å². The molecule has 9 heteroatoms. The van der Waals surface area contributed by atoms with E-state index >= 15 is 0 Å². The molecule has 9 nitrogen and oxygen atoms in total. The van der Waals surface area contributed by atoms with Crippen LogP contribution < -0.4 is 0 Å². The third-order valence-electron chi connectivity index (χ3n) is 14.3. The molecule has 0 aromatic rings. The Morgan fingerprint density at radius 1 is 0.765 bits per heavy atom. The molecule has 51 heavy (non-hydrogen) atoms. The molecule has 0 heterocycles. The Morgan fingerprint density at radius 2 is 1.25 bits per heavy atom. The maximum atomic E-state index is 15.0. The fourth-order valence-corrected chi connectivity index (χ4v) is 11.5. The molecule has 6 aliphatic carbocycles. The van der Waals surface area contributed by atoms with Crippen molar-refractivity contribution in [1.29, 1.82) is 0 Å². The Morgan fingerprint density at radius 3 is 1.75 bits per heavy atom. The number of hydrogen-bond donors (Lipinski definition) is 5. The molecule has 0 spiro atoms. The number of ether oxygens (including phenoxy) is 2. The third-order valence-corrected chi connectivity index (χ3v) is 14.3. The van der Waals surface area contributed by atoms with Gasteiger partial charge in [-0.15, -0.1) is 0 Å². The number of Topliss-reactive ketones (excluding diaryl/α,β-unsaturated/α-hetero) is 2. The molecule has 0 aromatic carbocycles. The van der Waals surface area contributed by atoms with E-state index in [4.69, 9.17) is 9.47 Å². The molecule has 5 N–H and O–H groups in total. The van der Waals surface area contributed by atoms with Crippen LogP contribution >= 0.6 is 0 Å². The fraction of sp³-hybridized carbons (Fsp3) is 0.762. The van der Waals surface area contributed by atoms with E-state index in [1.807, 2.05) is 48.5 Å². The van der Waals surface area contributed by atoms with Gasteiger partial charge in [0.15, 0.2) is 17.2 Å². The second-order valence-electron chi connectivity index (χ2n) is 18.0. The lowest BCUT2D eigenvalue weighted by Crippen LogP contribution is -2.46. The topological polar surface area (TPSA) is 154 Å². The van der Waals surface area contributed by atoms with Crippen molar-refractivity contribution >= 4 is 11.6 Å². The smallest absolute Gasteiger partial charge is 0.195 e. The Balaban J connectivity index is 1.57. The Bertz CT molecular complexity index is 1570. The first-order chi connectivity index (χ1) is 23.8. The van der Waals surface area contributed by atoms with E-state index in [1.165, 1.54) is 7.11 Å². The molecule has 2 fully saturated rings. The number of hydrogen-bond acceptors (Lipinski definition) is 9. The monoisotopic (exact) mass is 710 g/mol. The van der Waals surface area contributed by atoms with E-state index in [1.54, 1.807) is 13.2 Å². The molecule has 0 aliphatic heterocycles. The first kappa shape index (κ1) is 38.7. The van der Waals surface area contributed by atoms with Crippen molar-refractivity contribution in [2.75, 3.05) is 27.4 Å². The number of rotatable bonds is 8. The maximum absolute atomic E-state index is 15.0. The minimum Gasteiger partial charge on any atom is -0.392 e. The average molecular weight is 711 g/mol. The maximum Gasteiger partial charge on any atom is 0.195 e. The van der Waals surface area contributed by atoms with Crippen LogP contribution in [0.4, 0.5) is 0 Å². The van der Waals surface area contributed by atoms with Crippen LogP contribution in [0.3, 0.4) is 0 Å². The van der Waals surface area contributed by atoms with E-state index in [-0.39, 0.29) is 67.3 Å². The second kappa shape index (κ2) is 13.4. The molecule has 6 aliphatic rings. The molecular weight excluding hydrogens is 648 g/mol. The van der Waals surface area contributed by atoms with Crippen LogP contribution in [0, 0.1) is 52.8 Å². The lowest BCUT2D eigenvalue weighted by Gasteiger charge is -2.42. The summed E-state index contributed by atoms with van der Waals surface area (Å²) in [4.78, 5) is 29.6. The van der Waals surface area contributed by atoms with Crippen molar-refractivity contribution in [2.45, 2.75) is 122 Å². The van der Waals surface area contributed by atoms with Crippen molar-refractivity contribution in [1.82, 2.24) is 0 Å². The Labute approximate surface area is 303 Å². The number of ketones is 2. The van der Waals surface area contributed by atoms with Gasteiger partial charge in [-0.2, -0.15) is 0 Å². The van der Waals surface area contributed by atoms with E-state index < -0.39 is 52.0 Å². The molecule has 284 valence electrons. The van der Waals surface area contributed by atoms with Gasteiger partial charge in [0.05, 0.1) is 25.4 Å². The van der Waals surface area contributed by atoms with Crippen molar-refractivity contribution in [3.05, 3.63) is 45.6 Å². The average Bonchev–Trinajstić information content (AvgIpc) is 3.66. The summed E-state index contributed by atoms with van der Waals surface area (Å²) in [5.41, 5.74) is -1.64. The van der Waals surface area contributed by atoms with Gasteiger partial charge < -0.3 is 35.0 Å². The highest BCUT2D eigenvalue weighted by Gasteiger charge is 2.61. The predicted octanol–water partition coefficient (Wildman–Crippen LogP) is 4.65. The number of fused-ring (bicyclic) bond motifs is 5. The van der Waals surface area contributed by atoms with E-state index in [0.29, 0.717) is 54.4 Å². The van der Waals surface area contributed by atoms with Crippen molar-refractivity contribution in [3.8, 4) is 0 Å². The summed E-state index contributed by atoms with van der Waals surface area (Å²) in [7, 11) is 3.08. The van der Waals surface area contributed by atoms with Gasteiger partial charge in [0.2, 0.25) is 0 Å². The molecule has 0 radical (unpaired) electrons. The third kappa shape index (κ3) is 5.83. The van der Waals surface area contributed by atoms with Crippen LogP contribution in [0.25, 0.3) is 0 Å². The minimum atomic E-state index is -2.05. The minimum absolute atomic E-state index is 0.00547. The second-order valence-corrected chi connectivity index (χ2v) is 18.0. The highest BCUT2D eigenvalue weighted by atomic mass is 16.5. The number of methoxy groups -OCH3 is 2. The summed E-state index contributed by atoms with van der Waals surface area (Å²) in [6.45, 7) is 13.9. The van der Waals surface area contributed by atoms with Gasteiger partial charge in [-0.3, -0.25) is 9.59 Å². The standard InChI is InChI=1S/C42H62O9/c1-21(2)35-27-14-33(43)23(5)26-11-13-41(48,20-51-9)32(26)18-42(49,38(35)46)28(27)15-30-37(45)36(22(3)4)29-16-34(44)24(6)25-10-12-40(47,19-50-8)31(25)17-39(29,30)7/h17-18,21-26,28,30,33-34,43-44,47-49H,10-16,19-20H2,1-9H3. The first-order valence-electron chi connectivity index (χ1n) is 19.3. The van der Waals surface area contributed by atoms with E-state index in [0.717, 1.165) is 11.1 Å². The lowest BCUT2D eigenvalue weighted by atomic mass is 9.63. The highest BCUT2D eigenvalue weighted by molar-refractivity contribution is 6.08. The predicted molar refractivity (Wildman–Crippen MR) is 193 cm³/mol.